The van der Waals surface area contributed by atoms with Gasteiger partial charge in [-0.15, -0.1) is 0 Å². The number of hydrogen-bond donors (Lipinski definition) is 2. The predicted octanol–water partition coefficient (Wildman–Crippen LogP) is 2.12. The number of rotatable bonds is 7. The van der Waals surface area contributed by atoms with Gasteiger partial charge in [0.2, 0.25) is 5.91 Å². The molecule has 0 saturated heterocycles. The average molecular weight is 312 g/mol. The molecule has 0 aliphatic rings. The molecule has 1 aromatic carbocycles. The highest BCUT2D eigenvalue weighted by atomic mass is 16.5. The van der Waals surface area contributed by atoms with Crippen molar-refractivity contribution in [2.45, 2.75) is 19.4 Å². The van der Waals surface area contributed by atoms with Gasteiger partial charge in [0.15, 0.2) is 0 Å². The number of methoxy groups -OCH3 is 1. The maximum absolute atomic E-state index is 11.9. The minimum absolute atomic E-state index is 0.0554. The van der Waals surface area contributed by atoms with Crippen molar-refractivity contribution < 1.29 is 9.53 Å². The smallest absolute Gasteiger partial charge is 0.221 e. The molecule has 0 atom stereocenters. The van der Waals surface area contributed by atoms with E-state index in [1.807, 2.05) is 30.5 Å². The van der Waals surface area contributed by atoms with Crippen LogP contribution in [0.25, 0.3) is 10.9 Å². The number of fused-ring (bicyclic) bond motifs is 1. The van der Waals surface area contributed by atoms with Crippen LogP contribution in [-0.4, -0.2) is 34.1 Å². The van der Waals surface area contributed by atoms with Gasteiger partial charge in [-0.3, -0.25) is 4.79 Å². The number of carbonyl (C=O) groups excluding carboxylic acids is 1. The maximum atomic E-state index is 11.9. The lowest BCUT2D eigenvalue weighted by Crippen LogP contribution is -2.26. The van der Waals surface area contributed by atoms with Gasteiger partial charge in [0.05, 0.1) is 13.4 Å². The third-order valence-corrected chi connectivity index (χ3v) is 3.83. The van der Waals surface area contributed by atoms with Gasteiger partial charge >= 0.3 is 0 Å². The number of carbonyl (C=O) groups is 1. The molecule has 0 saturated carbocycles. The molecule has 3 rings (SSSR count). The van der Waals surface area contributed by atoms with Crippen molar-refractivity contribution in [2.24, 2.45) is 0 Å². The van der Waals surface area contributed by atoms with Crippen molar-refractivity contribution >= 4 is 16.8 Å². The first-order valence-corrected chi connectivity index (χ1v) is 7.63. The maximum Gasteiger partial charge on any atom is 0.221 e. The Kier molecular flexibility index (Phi) is 4.61. The van der Waals surface area contributed by atoms with Crippen LogP contribution >= 0.6 is 0 Å². The standard InChI is InChI=1S/C17H20N4O2/c1-23-15-2-3-16-13(10-15)5-8-21(16)9-6-17(22)19-7-4-14-11-18-12-20-14/h2-3,5,8,10-12H,4,6-7,9H2,1H3,(H,18,20)(H,19,22). The normalized spacial score (nSPS) is 10.8. The second kappa shape index (κ2) is 7.00. The highest BCUT2D eigenvalue weighted by molar-refractivity contribution is 5.82. The van der Waals surface area contributed by atoms with Crippen LogP contribution in [0.1, 0.15) is 12.1 Å². The van der Waals surface area contributed by atoms with E-state index in [1.54, 1.807) is 19.6 Å². The van der Waals surface area contributed by atoms with Crippen molar-refractivity contribution in [1.29, 1.82) is 0 Å². The van der Waals surface area contributed by atoms with Gasteiger partial charge in [-0.2, -0.15) is 0 Å². The molecule has 1 amide bonds. The largest absolute Gasteiger partial charge is 0.497 e. The minimum Gasteiger partial charge on any atom is -0.497 e. The molecule has 23 heavy (non-hydrogen) atoms. The van der Waals surface area contributed by atoms with E-state index in [0.29, 0.717) is 19.5 Å². The van der Waals surface area contributed by atoms with Crippen molar-refractivity contribution in [3.63, 3.8) is 0 Å². The monoisotopic (exact) mass is 312 g/mol. The zero-order valence-corrected chi connectivity index (χ0v) is 13.1. The highest BCUT2D eigenvalue weighted by Gasteiger charge is 2.06. The lowest BCUT2D eigenvalue weighted by Gasteiger charge is -2.07. The van der Waals surface area contributed by atoms with Crippen LogP contribution in [-0.2, 0) is 17.8 Å². The molecule has 0 radical (unpaired) electrons. The quantitative estimate of drug-likeness (QED) is 0.702. The molecule has 2 aromatic heterocycles. The summed E-state index contributed by atoms with van der Waals surface area (Å²) in [5.74, 6) is 0.895. The minimum atomic E-state index is 0.0554. The van der Waals surface area contributed by atoms with Gasteiger partial charge in [-0.05, 0) is 24.3 Å². The molecule has 2 heterocycles. The predicted molar refractivity (Wildman–Crippen MR) is 88.4 cm³/mol. The lowest BCUT2D eigenvalue weighted by atomic mass is 10.2. The number of amides is 1. The molecule has 0 spiro atoms. The molecule has 6 heteroatoms. The van der Waals surface area contributed by atoms with E-state index < -0.39 is 0 Å². The number of ether oxygens (including phenoxy) is 1. The van der Waals surface area contributed by atoms with Crippen LogP contribution in [0.5, 0.6) is 5.75 Å². The summed E-state index contributed by atoms with van der Waals surface area (Å²) >= 11 is 0. The Hall–Kier alpha value is -2.76. The first kappa shape index (κ1) is 15.1. The van der Waals surface area contributed by atoms with Crippen molar-refractivity contribution in [3.8, 4) is 5.75 Å². The van der Waals surface area contributed by atoms with E-state index in [1.165, 1.54) is 0 Å². The SMILES string of the molecule is COc1ccc2c(ccn2CCC(=O)NCCc2cnc[nH]2)c1. The Balaban J connectivity index is 1.50. The first-order chi connectivity index (χ1) is 11.3. The molecule has 120 valence electrons. The average Bonchev–Trinajstić information content (AvgIpc) is 3.21. The molecule has 6 nitrogen and oxygen atoms in total. The van der Waals surface area contributed by atoms with Crippen molar-refractivity contribution in [1.82, 2.24) is 19.9 Å². The van der Waals surface area contributed by atoms with E-state index in [4.69, 9.17) is 4.74 Å². The summed E-state index contributed by atoms with van der Waals surface area (Å²) in [5, 5.41) is 4.04. The van der Waals surface area contributed by atoms with Gasteiger partial charge in [-0.25, -0.2) is 4.98 Å². The topological polar surface area (TPSA) is 71.9 Å². The Morgan fingerprint density at radius 3 is 3.09 bits per heavy atom. The van der Waals surface area contributed by atoms with E-state index in [0.717, 1.165) is 28.8 Å². The molecular formula is C17H20N4O2. The number of hydrogen-bond acceptors (Lipinski definition) is 3. The van der Waals surface area contributed by atoms with Crippen LogP contribution < -0.4 is 10.1 Å². The van der Waals surface area contributed by atoms with Crippen LogP contribution in [0.3, 0.4) is 0 Å². The number of nitrogens with one attached hydrogen (secondary N) is 2. The molecule has 0 bridgehead atoms. The van der Waals surface area contributed by atoms with Gasteiger partial charge < -0.3 is 19.6 Å². The summed E-state index contributed by atoms with van der Waals surface area (Å²) in [7, 11) is 1.66. The van der Waals surface area contributed by atoms with Gasteiger partial charge in [0, 0.05) is 54.9 Å². The molecule has 2 N–H and O–H groups in total. The Morgan fingerprint density at radius 2 is 2.30 bits per heavy atom. The fraction of sp³-hybridized carbons (Fsp3) is 0.294. The summed E-state index contributed by atoms with van der Waals surface area (Å²) in [5.41, 5.74) is 2.13. The van der Waals surface area contributed by atoms with E-state index in [-0.39, 0.29) is 5.91 Å². The van der Waals surface area contributed by atoms with Crippen LogP contribution in [0.4, 0.5) is 0 Å². The van der Waals surface area contributed by atoms with Crippen molar-refractivity contribution in [3.05, 3.63) is 48.7 Å². The second-order valence-electron chi connectivity index (χ2n) is 5.36. The Bertz CT molecular complexity index is 777. The molecule has 0 aliphatic heterocycles. The van der Waals surface area contributed by atoms with E-state index in [2.05, 4.69) is 19.9 Å². The summed E-state index contributed by atoms with van der Waals surface area (Å²) < 4.78 is 7.31. The first-order valence-electron chi connectivity index (χ1n) is 7.63. The number of imidazole rings is 1. The fourth-order valence-corrected chi connectivity index (χ4v) is 2.57. The summed E-state index contributed by atoms with van der Waals surface area (Å²) in [6.07, 6.45) is 6.63. The summed E-state index contributed by atoms with van der Waals surface area (Å²) in [6, 6.07) is 7.98. The number of nitrogens with zero attached hydrogens (tertiary/aromatic N) is 2. The molecule has 3 aromatic rings. The Labute approximate surface area is 134 Å². The van der Waals surface area contributed by atoms with E-state index >= 15 is 0 Å². The number of aromatic nitrogens is 3. The number of aromatic amines is 1. The number of benzene rings is 1. The second-order valence-corrected chi connectivity index (χ2v) is 5.36. The number of aryl methyl sites for hydroxylation is 1. The highest BCUT2D eigenvalue weighted by Crippen LogP contribution is 2.21. The Morgan fingerprint density at radius 1 is 1.39 bits per heavy atom. The van der Waals surface area contributed by atoms with Crippen molar-refractivity contribution in [2.75, 3.05) is 13.7 Å². The molecule has 0 fully saturated rings. The van der Waals surface area contributed by atoms with E-state index in [9.17, 15) is 4.79 Å². The zero-order valence-electron chi connectivity index (χ0n) is 13.1. The lowest BCUT2D eigenvalue weighted by molar-refractivity contribution is -0.121. The van der Waals surface area contributed by atoms with Crippen LogP contribution in [0.15, 0.2) is 43.0 Å². The molecule has 0 aliphatic carbocycles. The summed E-state index contributed by atoms with van der Waals surface area (Å²) in [6.45, 7) is 1.27. The zero-order chi connectivity index (χ0) is 16.1. The van der Waals surface area contributed by atoms with Crippen LogP contribution in [0.2, 0.25) is 0 Å². The fourth-order valence-electron chi connectivity index (χ4n) is 2.57. The van der Waals surface area contributed by atoms with Gasteiger partial charge in [-0.1, -0.05) is 0 Å². The van der Waals surface area contributed by atoms with Gasteiger partial charge in [0.1, 0.15) is 5.75 Å². The summed E-state index contributed by atoms with van der Waals surface area (Å²) in [4.78, 5) is 18.9. The van der Waals surface area contributed by atoms with Crippen LogP contribution in [0, 0.1) is 0 Å². The number of H-pyrrole nitrogens is 1. The molecular weight excluding hydrogens is 292 g/mol. The third kappa shape index (κ3) is 3.71. The third-order valence-electron chi connectivity index (χ3n) is 3.83. The van der Waals surface area contributed by atoms with Gasteiger partial charge in [0.25, 0.3) is 0 Å². The molecule has 0 unspecified atom stereocenters.